The number of methoxy groups -OCH3 is 1. The maximum absolute atomic E-state index is 12.3. The van der Waals surface area contributed by atoms with E-state index in [1.54, 1.807) is 12.0 Å². The predicted molar refractivity (Wildman–Crippen MR) is 73.7 cm³/mol. The molecule has 1 amide bonds. The molecule has 0 saturated carbocycles. The second-order valence-corrected chi connectivity index (χ2v) is 4.97. The summed E-state index contributed by atoms with van der Waals surface area (Å²) in [5.74, 6) is 0.737. The summed E-state index contributed by atoms with van der Waals surface area (Å²) in [6, 6.07) is 5.57. The van der Waals surface area contributed by atoms with Gasteiger partial charge in [0, 0.05) is 13.1 Å². The molecule has 1 heterocycles. The van der Waals surface area contributed by atoms with Crippen LogP contribution in [0.1, 0.15) is 16.5 Å². The minimum absolute atomic E-state index is 0.0606. The second-order valence-electron chi connectivity index (χ2n) is 4.53. The van der Waals surface area contributed by atoms with Crippen molar-refractivity contribution in [2.24, 2.45) is 0 Å². The van der Waals surface area contributed by atoms with Crippen molar-refractivity contribution in [1.82, 2.24) is 4.90 Å². The Balaban J connectivity index is 2.11. The molecule has 0 spiro atoms. The van der Waals surface area contributed by atoms with Crippen molar-refractivity contribution in [3.8, 4) is 5.75 Å². The number of rotatable bonds is 3. The van der Waals surface area contributed by atoms with Crippen LogP contribution >= 0.6 is 11.6 Å². The molecule has 0 aromatic heterocycles. The minimum Gasteiger partial charge on any atom is -0.496 e. The van der Waals surface area contributed by atoms with E-state index in [9.17, 15) is 4.79 Å². The summed E-state index contributed by atoms with van der Waals surface area (Å²) in [6.07, 6.45) is 0. The van der Waals surface area contributed by atoms with Crippen LogP contribution in [-0.2, 0) is 9.53 Å². The van der Waals surface area contributed by atoms with E-state index in [4.69, 9.17) is 21.1 Å². The number of halogens is 1. The molecule has 1 fully saturated rings. The first-order chi connectivity index (χ1) is 9.13. The average molecular weight is 284 g/mol. The fourth-order valence-corrected chi connectivity index (χ4v) is 2.42. The first-order valence-corrected chi connectivity index (χ1v) is 6.72. The smallest absolute Gasteiger partial charge is 0.245 e. The Morgan fingerprint density at radius 2 is 2.11 bits per heavy atom. The van der Waals surface area contributed by atoms with Gasteiger partial charge in [-0.3, -0.25) is 4.79 Å². The Hall–Kier alpha value is -1.26. The van der Waals surface area contributed by atoms with Crippen LogP contribution in [0.25, 0.3) is 0 Å². The van der Waals surface area contributed by atoms with Crippen LogP contribution in [0, 0.1) is 6.92 Å². The molecule has 1 aliphatic heterocycles. The maximum Gasteiger partial charge on any atom is 0.245 e. The standard InChI is InChI=1S/C14H18ClNO3/c1-10-9-11(3-4-12(10)18-2)13(15)14(17)16-5-7-19-8-6-16/h3-4,9,13H,5-8H2,1-2H3. The SMILES string of the molecule is COc1ccc(C(Cl)C(=O)N2CCOCC2)cc1C. The Bertz CT molecular complexity index is 458. The summed E-state index contributed by atoms with van der Waals surface area (Å²) >= 11 is 6.28. The molecule has 1 aromatic carbocycles. The van der Waals surface area contributed by atoms with Crippen LogP contribution in [0.2, 0.25) is 0 Å². The molecule has 0 aliphatic carbocycles. The monoisotopic (exact) mass is 283 g/mol. The van der Waals surface area contributed by atoms with Crippen molar-refractivity contribution >= 4 is 17.5 Å². The van der Waals surface area contributed by atoms with Crippen molar-refractivity contribution in [2.45, 2.75) is 12.3 Å². The van der Waals surface area contributed by atoms with Gasteiger partial charge in [0.05, 0.1) is 20.3 Å². The van der Waals surface area contributed by atoms with Gasteiger partial charge in [-0.25, -0.2) is 0 Å². The lowest BCUT2D eigenvalue weighted by Crippen LogP contribution is -2.42. The molecule has 1 aromatic rings. The number of carbonyl (C=O) groups is 1. The van der Waals surface area contributed by atoms with E-state index in [0.29, 0.717) is 26.3 Å². The van der Waals surface area contributed by atoms with Gasteiger partial charge in [-0.05, 0) is 24.1 Å². The normalized spacial score (nSPS) is 17.1. The van der Waals surface area contributed by atoms with E-state index in [-0.39, 0.29) is 5.91 Å². The van der Waals surface area contributed by atoms with Crippen LogP contribution < -0.4 is 4.74 Å². The van der Waals surface area contributed by atoms with E-state index in [0.717, 1.165) is 16.9 Å². The van der Waals surface area contributed by atoms with Gasteiger partial charge in [-0.1, -0.05) is 12.1 Å². The largest absolute Gasteiger partial charge is 0.496 e. The summed E-state index contributed by atoms with van der Waals surface area (Å²) in [4.78, 5) is 14.0. The molecular weight excluding hydrogens is 266 g/mol. The van der Waals surface area contributed by atoms with Crippen LogP contribution in [0.5, 0.6) is 5.75 Å². The van der Waals surface area contributed by atoms with Crippen molar-refractivity contribution in [3.63, 3.8) is 0 Å². The Morgan fingerprint density at radius 1 is 1.42 bits per heavy atom. The highest BCUT2D eigenvalue weighted by atomic mass is 35.5. The van der Waals surface area contributed by atoms with Crippen molar-refractivity contribution in [1.29, 1.82) is 0 Å². The number of amides is 1. The number of nitrogens with zero attached hydrogens (tertiary/aromatic N) is 1. The summed E-state index contributed by atoms with van der Waals surface area (Å²) in [7, 11) is 1.62. The van der Waals surface area contributed by atoms with E-state index in [1.807, 2.05) is 25.1 Å². The molecule has 1 aliphatic rings. The molecule has 0 bridgehead atoms. The zero-order valence-corrected chi connectivity index (χ0v) is 11.9. The fourth-order valence-electron chi connectivity index (χ4n) is 2.15. The van der Waals surface area contributed by atoms with Gasteiger partial charge < -0.3 is 14.4 Å². The molecule has 0 N–H and O–H groups in total. The van der Waals surface area contributed by atoms with E-state index in [1.165, 1.54) is 0 Å². The van der Waals surface area contributed by atoms with Crippen LogP contribution in [0.15, 0.2) is 18.2 Å². The highest BCUT2D eigenvalue weighted by Crippen LogP contribution is 2.28. The molecule has 1 unspecified atom stereocenters. The van der Waals surface area contributed by atoms with Crippen LogP contribution in [-0.4, -0.2) is 44.2 Å². The second kappa shape index (κ2) is 6.26. The summed E-state index contributed by atoms with van der Waals surface area (Å²) in [5.41, 5.74) is 1.77. The summed E-state index contributed by atoms with van der Waals surface area (Å²) in [5, 5.41) is -0.650. The van der Waals surface area contributed by atoms with Crippen molar-refractivity contribution < 1.29 is 14.3 Å². The first-order valence-electron chi connectivity index (χ1n) is 6.28. The summed E-state index contributed by atoms with van der Waals surface area (Å²) < 4.78 is 10.4. The number of ether oxygens (including phenoxy) is 2. The number of carbonyl (C=O) groups excluding carboxylic acids is 1. The van der Waals surface area contributed by atoms with Crippen molar-refractivity contribution in [3.05, 3.63) is 29.3 Å². The molecule has 19 heavy (non-hydrogen) atoms. The number of hydrogen-bond donors (Lipinski definition) is 0. The number of hydrogen-bond acceptors (Lipinski definition) is 3. The molecule has 4 nitrogen and oxygen atoms in total. The van der Waals surface area contributed by atoms with Gasteiger partial charge in [-0.2, -0.15) is 0 Å². The Labute approximate surface area is 118 Å². The van der Waals surface area contributed by atoms with Crippen LogP contribution in [0.3, 0.4) is 0 Å². The lowest BCUT2D eigenvalue weighted by atomic mass is 10.1. The maximum atomic E-state index is 12.3. The number of benzene rings is 1. The van der Waals surface area contributed by atoms with Gasteiger partial charge in [0.2, 0.25) is 5.91 Å². The third kappa shape index (κ3) is 3.19. The highest BCUT2D eigenvalue weighted by Gasteiger charge is 2.25. The van der Waals surface area contributed by atoms with E-state index >= 15 is 0 Å². The van der Waals surface area contributed by atoms with Crippen LogP contribution in [0.4, 0.5) is 0 Å². The highest BCUT2D eigenvalue weighted by molar-refractivity contribution is 6.30. The van der Waals surface area contributed by atoms with Gasteiger partial charge in [0.1, 0.15) is 11.1 Å². The minimum atomic E-state index is -0.650. The molecule has 2 rings (SSSR count). The van der Waals surface area contributed by atoms with Gasteiger partial charge >= 0.3 is 0 Å². The third-order valence-corrected chi connectivity index (χ3v) is 3.69. The lowest BCUT2D eigenvalue weighted by molar-refractivity contribution is -0.134. The van der Waals surface area contributed by atoms with Crippen molar-refractivity contribution in [2.75, 3.05) is 33.4 Å². The predicted octanol–water partition coefficient (Wildman–Crippen LogP) is 2.14. The molecule has 104 valence electrons. The molecule has 5 heteroatoms. The molecule has 0 radical (unpaired) electrons. The quantitative estimate of drug-likeness (QED) is 0.798. The topological polar surface area (TPSA) is 38.8 Å². The molecule has 1 saturated heterocycles. The van der Waals surface area contributed by atoms with Gasteiger partial charge in [0.15, 0.2) is 0 Å². The Kier molecular flexibility index (Phi) is 4.66. The number of alkyl halides is 1. The average Bonchev–Trinajstić information content (AvgIpc) is 2.46. The first kappa shape index (κ1) is 14.2. The lowest BCUT2D eigenvalue weighted by Gasteiger charge is -2.28. The zero-order chi connectivity index (χ0) is 13.8. The van der Waals surface area contributed by atoms with E-state index in [2.05, 4.69) is 0 Å². The molecular formula is C14H18ClNO3. The molecule has 1 atom stereocenters. The summed E-state index contributed by atoms with van der Waals surface area (Å²) in [6.45, 7) is 4.31. The third-order valence-electron chi connectivity index (χ3n) is 3.25. The zero-order valence-electron chi connectivity index (χ0n) is 11.2. The van der Waals surface area contributed by atoms with Gasteiger partial charge in [-0.15, -0.1) is 11.6 Å². The Morgan fingerprint density at radius 3 is 2.68 bits per heavy atom. The van der Waals surface area contributed by atoms with Gasteiger partial charge in [0.25, 0.3) is 0 Å². The number of aryl methyl sites for hydroxylation is 1. The van der Waals surface area contributed by atoms with E-state index < -0.39 is 5.38 Å². The number of morpholine rings is 1. The fraction of sp³-hybridized carbons (Fsp3) is 0.500.